The van der Waals surface area contributed by atoms with E-state index >= 15 is 0 Å². The third kappa shape index (κ3) is 5.70. The van der Waals surface area contributed by atoms with Gasteiger partial charge in [0.05, 0.1) is 6.42 Å². The second-order valence-electron chi connectivity index (χ2n) is 6.23. The molecular weight excluding hydrogens is 288 g/mol. The van der Waals surface area contributed by atoms with Crippen LogP contribution in [0, 0.1) is 0 Å². The smallest absolute Gasteiger partial charge is 0.224 e. The second kappa shape index (κ2) is 9.33. The molecule has 23 heavy (non-hydrogen) atoms. The van der Waals surface area contributed by atoms with Crippen molar-refractivity contribution in [3.05, 3.63) is 35.9 Å². The van der Waals surface area contributed by atoms with Gasteiger partial charge in [-0.05, 0) is 25.3 Å². The number of carbonyl (C=O) groups excluding carboxylic acids is 2. The van der Waals surface area contributed by atoms with Gasteiger partial charge in [-0.1, -0.05) is 49.6 Å². The topological polar surface area (TPSA) is 49.4 Å². The Hall–Kier alpha value is -1.84. The summed E-state index contributed by atoms with van der Waals surface area (Å²) in [5, 5.41) is 2.86. The lowest BCUT2D eigenvalue weighted by molar-refractivity contribution is -0.133. The van der Waals surface area contributed by atoms with Crippen LogP contribution < -0.4 is 5.32 Å². The van der Waals surface area contributed by atoms with Crippen LogP contribution in [-0.2, 0) is 16.0 Å². The van der Waals surface area contributed by atoms with Crippen LogP contribution >= 0.6 is 0 Å². The first-order valence-electron chi connectivity index (χ1n) is 8.80. The van der Waals surface area contributed by atoms with Crippen LogP contribution in [0.4, 0.5) is 0 Å². The molecule has 0 aromatic heterocycles. The summed E-state index contributed by atoms with van der Waals surface area (Å²) in [5.74, 6) is 0.143. The van der Waals surface area contributed by atoms with Gasteiger partial charge in [0.2, 0.25) is 11.8 Å². The number of amides is 2. The van der Waals surface area contributed by atoms with Gasteiger partial charge in [0.25, 0.3) is 0 Å². The number of hydrogen-bond donors (Lipinski definition) is 1. The fourth-order valence-electron chi connectivity index (χ4n) is 3.33. The van der Waals surface area contributed by atoms with Crippen LogP contribution in [0.25, 0.3) is 0 Å². The summed E-state index contributed by atoms with van der Waals surface area (Å²) in [6, 6.07) is 10.1. The molecule has 2 rings (SSSR count). The van der Waals surface area contributed by atoms with Gasteiger partial charge in [0.15, 0.2) is 0 Å². The molecule has 1 aromatic rings. The van der Waals surface area contributed by atoms with E-state index in [2.05, 4.69) is 5.32 Å². The lowest BCUT2D eigenvalue weighted by Gasteiger charge is -2.33. The van der Waals surface area contributed by atoms with E-state index in [1.165, 1.54) is 19.3 Å². The van der Waals surface area contributed by atoms with Gasteiger partial charge >= 0.3 is 0 Å². The molecule has 1 saturated carbocycles. The molecule has 126 valence electrons. The normalized spacial score (nSPS) is 15.2. The van der Waals surface area contributed by atoms with Crippen molar-refractivity contribution in [2.24, 2.45) is 0 Å². The van der Waals surface area contributed by atoms with Crippen LogP contribution in [0.1, 0.15) is 51.0 Å². The van der Waals surface area contributed by atoms with Gasteiger partial charge in [-0.25, -0.2) is 0 Å². The summed E-state index contributed by atoms with van der Waals surface area (Å²) in [7, 11) is 0. The summed E-state index contributed by atoms with van der Waals surface area (Å²) in [6.45, 7) is 3.23. The van der Waals surface area contributed by atoms with E-state index in [-0.39, 0.29) is 11.8 Å². The van der Waals surface area contributed by atoms with Gasteiger partial charge in [-0.2, -0.15) is 0 Å². The van der Waals surface area contributed by atoms with Gasteiger partial charge in [0, 0.05) is 25.6 Å². The van der Waals surface area contributed by atoms with Crippen molar-refractivity contribution in [2.75, 3.05) is 13.1 Å². The van der Waals surface area contributed by atoms with Gasteiger partial charge < -0.3 is 10.2 Å². The van der Waals surface area contributed by atoms with Crippen LogP contribution in [0.2, 0.25) is 0 Å². The molecule has 0 bridgehead atoms. The average molecular weight is 316 g/mol. The minimum Gasteiger partial charge on any atom is -0.355 e. The van der Waals surface area contributed by atoms with E-state index in [1.807, 2.05) is 42.2 Å². The van der Waals surface area contributed by atoms with Crippen LogP contribution in [-0.4, -0.2) is 35.8 Å². The van der Waals surface area contributed by atoms with E-state index in [0.717, 1.165) is 24.9 Å². The number of rotatable bonds is 7. The van der Waals surface area contributed by atoms with Crippen LogP contribution in [0.5, 0.6) is 0 Å². The molecule has 1 aliphatic rings. The molecule has 0 atom stereocenters. The molecule has 0 saturated heterocycles. The molecule has 2 amide bonds. The Labute approximate surface area is 139 Å². The molecule has 1 aromatic carbocycles. The van der Waals surface area contributed by atoms with E-state index in [9.17, 15) is 9.59 Å². The fourth-order valence-corrected chi connectivity index (χ4v) is 3.33. The largest absolute Gasteiger partial charge is 0.355 e. The zero-order valence-corrected chi connectivity index (χ0v) is 14.1. The zero-order chi connectivity index (χ0) is 16.5. The average Bonchev–Trinajstić information content (AvgIpc) is 2.57. The molecule has 4 nitrogen and oxygen atoms in total. The first-order chi connectivity index (χ1) is 11.2. The molecular formula is C19H28N2O2. The number of carbonyl (C=O) groups is 2. The van der Waals surface area contributed by atoms with Crippen LogP contribution in [0.15, 0.2) is 30.3 Å². The molecule has 0 unspecified atom stereocenters. The Morgan fingerprint density at radius 1 is 1.13 bits per heavy atom. The number of hydrogen-bond acceptors (Lipinski definition) is 2. The summed E-state index contributed by atoms with van der Waals surface area (Å²) < 4.78 is 0. The monoisotopic (exact) mass is 316 g/mol. The summed E-state index contributed by atoms with van der Waals surface area (Å²) >= 11 is 0. The van der Waals surface area contributed by atoms with Crippen molar-refractivity contribution in [3.63, 3.8) is 0 Å². The minimum atomic E-state index is -0.0234. The van der Waals surface area contributed by atoms with Crippen LogP contribution in [0.3, 0.4) is 0 Å². The summed E-state index contributed by atoms with van der Waals surface area (Å²) in [4.78, 5) is 26.3. The minimum absolute atomic E-state index is 0.0234. The van der Waals surface area contributed by atoms with Crippen molar-refractivity contribution in [1.82, 2.24) is 10.2 Å². The third-order valence-electron chi connectivity index (χ3n) is 4.55. The highest BCUT2D eigenvalue weighted by molar-refractivity contribution is 5.80. The maximum Gasteiger partial charge on any atom is 0.224 e. The van der Waals surface area contributed by atoms with Crippen molar-refractivity contribution in [2.45, 2.75) is 57.9 Å². The second-order valence-corrected chi connectivity index (χ2v) is 6.23. The zero-order valence-electron chi connectivity index (χ0n) is 14.1. The SMILES string of the molecule is CCN(C(=O)CCNC(=O)Cc1ccccc1)C1CCCCC1. The van der Waals surface area contributed by atoms with E-state index in [1.54, 1.807) is 0 Å². The van der Waals surface area contributed by atoms with E-state index < -0.39 is 0 Å². The first kappa shape index (κ1) is 17.5. The molecule has 0 aliphatic heterocycles. The maximum absolute atomic E-state index is 12.4. The number of nitrogens with zero attached hydrogens (tertiary/aromatic N) is 1. The molecule has 1 fully saturated rings. The molecule has 1 N–H and O–H groups in total. The summed E-state index contributed by atoms with van der Waals surface area (Å²) in [6.07, 6.45) is 6.75. The summed E-state index contributed by atoms with van der Waals surface area (Å²) in [5.41, 5.74) is 0.994. The molecule has 0 radical (unpaired) electrons. The van der Waals surface area contributed by atoms with Gasteiger partial charge in [-0.15, -0.1) is 0 Å². The van der Waals surface area contributed by atoms with Crippen molar-refractivity contribution < 1.29 is 9.59 Å². The van der Waals surface area contributed by atoms with Gasteiger partial charge in [-0.3, -0.25) is 9.59 Å². The van der Waals surface area contributed by atoms with Crippen molar-refractivity contribution in [1.29, 1.82) is 0 Å². The Morgan fingerprint density at radius 3 is 2.48 bits per heavy atom. The molecule has 1 aliphatic carbocycles. The molecule has 0 heterocycles. The fraction of sp³-hybridized carbons (Fsp3) is 0.579. The lowest BCUT2D eigenvalue weighted by Crippen LogP contribution is -2.42. The number of nitrogens with one attached hydrogen (secondary N) is 1. The third-order valence-corrected chi connectivity index (χ3v) is 4.55. The standard InChI is InChI=1S/C19H28N2O2/c1-2-21(17-11-7-4-8-12-17)19(23)13-14-20-18(22)15-16-9-5-3-6-10-16/h3,5-6,9-10,17H,2,4,7-8,11-15H2,1H3,(H,20,22). The lowest BCUT2D eigenvalue weighted by atomic mass is 9.94. The Bertz CT molecular complexity index is 495. The Morgan fingerprint density at radius 2 is 1.83 bits per heavy atom. The van der Waals surface area contributed by atoms with Crippen molar-refractivity contribution in [3.8, 4) is 0 Å². The highest BCUT2D eigenvalue weighted by atomic mass is 16.2. The maximum atomic E-state index is 12.4. The highest BCUT2D eigenvalue weighted by Gasteiger charge is 2.23. The predicted octanol–water partition coefficient (Wildman–Crippen LogP) is 2.92. The van der Waals surface area contributed by atoms with E-state index in [4.69, 9.17) is 0 Å². The quantitative estimate of drug-likeness (QED) is 0.841. The van der Waals surface area contributed by atoms with Gasteiger partial charge in [0.1, 0.15) is 0 Å². The molecule has 0 spiro atoms. The molecule has 4 heteroatoms. The number of benzene rings is 1. The Balaban J connectivity index is 1.71. The highest BCUT2D eigenvalue weighted by Crippen LogP contribution is 2.22. The Kier molecular flexibility index (Phi) is 7.11. The van der Waals surface area contributed by atoms with E-state index in [0.29, 0.717) is 25.4 Å². The van der Waals surface area contributed by atoms with Crippen molar-refractivity contribution >= 4 is 11.8 Å². The predicted molar refractivity (Wildman–Crippen MR) is 92.0 cm³/mol. The first-order valence-corrected chi connectivity index (χ1v) is 8.80.